The van der Waals surface area contributed by atoms with Crippen LogP contribution in [0, 0.1) is 5.82 Å². The SMILES string of the molecule is CN(C)S(=O)(=O)c1cccc(CN2CCNCC2c2cccc(F)c2)c1. The summed E-state index contributed by atoms with van der Waals surface area (Å²) in [6, 6.07) is 13.7. The van der Waals surface area contributed by atoms with E-state index in [9.17, 15) is 12.8 Å². The van der Waals surface area contributed by atoms with Crippen LogP contribution in [-0.2, 0) is 16.6 Å². The van der Waals surface area contributed by atoms with Crippen LogP contribution in [0.4, 0.5) is 4.39 Å². The fourth-order valence-corrected chi connectivity index (χ4v) is 4.20. The summed E-state index contributed by atoms with van der Waals surface area (Å²) >= 11 is 0. The Bertz CT molecular complexity index is 871. The Kier molecular flexibility index (Phi) is 5.72. The van der Waals surface area contributed by atoms with Crippen molar-refractivity contribution in [3.63, 3.8) is 0 Å². The van der Waals surface area contributed by atoms with Gasteiger partial charge in [-0.05, 0) is 35.4 Å². The maximum atomic E-state index is 13.6. The molecule has 0 amide bonds. The van der Waals surface area contributed by atoms with Crippen molar-refractivity contribution >= 4 is 10.0 Å². The van der Waals surface area contributed by atoms with Crippen LogP contribution in [0.3, 0.4) is 0 Å². The minimum atomic E-state index is -3.46. The minimum absolute atomic E-state index is 0.0496. The molecule has 26 heavy (non-hydrogen) atoms. The Hall–Kier alpha value is -1.80. The monoisotopic (exact) mass is 377 g/mol. The van der Waals surface area contributed by atoms with Gasteiger partial charge in [0.25, 0.3) is 0 Å². The first-order valence-electron chi connectivity index (χ1n) is 8.59. The molecular formula is C19H24FN3O2S. The van der Waals surface area contributed by atoms with Crippen LogP contribution in [0.5, 0.6) is 0 Å². The zero-order chi connectivity index (χ0) is 18.7. The van der Waals surface area contributed by atoms with E-state index in [4.69, 9.17) is 0 Å². The van der Waals surface area contributed by atoms with Gasteiger partial charge >= 0.3 is 0 Å². The molecule has 1 aliphatic rings. The van der Waals surface area contributed by atoms with Gasteiger partial charge in [0.05, 0.1) is 4.90 Å². The first-order valence-corrected chi connectivity index (χ1v) is 10.0. The third kappa shape index (κ3) is 4.12. The zero-order valence-corrected chi connectivity index (χ0v) is 15.8. The maximum Gasteiger partial charge on any atom is 0.242 e. The number of hydrogen-bond donors (Lipinski definition) is 1. The highest BCUT2D eigenvalue weighted by Gasteiger charge is 2.25. The van der Waals surface area contributed by atoms with Crippen molar-refractivity contribution in [2.45, 2.75) is 17.5 Å². The van der Waals surface area contributed by atoms with E-state index in [2.05, 4.69) is 10.2 Å². The Morgan fingerprint density at radius 2 is 1.96 bits per heavy atom. The second kappa shape index (κ2) is 7.84. The summed E-state index contributed by atoms with van der Waals surface area (Å²) in [5.41, 5.74) is 1.85. The van der Waals surface area contributed by atoms with Crippen LogP contribution in [0.1, 0.15) is 17.2 Å². The highest BCUT2D eigenvalue weighted by molar-refractivity contribution is 7.89. The summed E-state index contributed by atoms with van der Waals surface area (Å²) in [6.45, 7) is 3.01. The van der Waals surface area contributed by atoms with Crippen molar-refractivity contribution in [3.05, 3.63) is 65.5 Å². The summed E-state index contributed by atoms with van der Waals surface area (Å²) in [7, 11) is -0.406. The molecule has 2 aromatic carbocycles. The van der Waals surface area contributed by atoms with Crippen LogP contribution in [-0.4, -0.2) is 51.4 Å². The highest BCUT2D eigenvalue weighted by Crippen LogP contribution is 2.25. The van der Waals surface area contributed by atoms with E-state index in [-0.39, 0.29) is 16.8 Å². The molecule has 1 heterocycles. The minimum Gasteiger partial charge on any atom is -0.314 e. The Balaban J connectivity index is 1.85. The van der Waals surface area contributed by atoms with Crippen molar-refractivity contribution in [2.24, 2.45) is 0 Å². The number of hydrogen-bond acceptors (Lipinski definition) is 4. The molecule has 7 heteroatoms. The molecule has 0 spiro atoms. The molecule has 1 saturated heterocycles. The molecule has 1 aliphatic heterocycles. The highest BCUT2D eigenvalue weighted by atomic mass is 32.2. The van der Waals surface area contributed by atoms with E-state index in [1.54, 1.807) is 30.3 Å². The van der Waals surface area contributed by atoms with Gasteiger partial charge in [-0.3, -0.25) is 4.90 Å². The fraction of sp³-hybridized carbons (Fsp3) is 0.368. The number of rotatable bonds is 5. The average Bonchev–Trinajstić information content (AvgIpc) is 2.62. The Morgan fingerprint density at radius 1 is 1.19 bits per heavy atom. The van der Waals surface area contributed by atoms with E-state index >= 15 is 0 Å². The Labute approximate surface area is 154 Å². The third-order valence-electron chi connectivity index (χ3n) is 4.65. The predicted molar refractivity (Wildman–Crippen MR) is 99.7 cm³/mol. The average molecular weight is 377 g/mol. The normalized spacial score (nSPS) is 19.0. The molecule has 0 aliphatic carbocycles. The van der Waals surface area contributed by atoms with Gasteiger partial charge in [-0.1, -0.05) is 24.3 Å². The number of nitrogens with zero attached hydrogens (tertiary/aromatic N) is 2. The number of benzene rings is 2. The van der Waals surface area contributed by atoms with Crippen molar-refractivity contribution in [1.82, 2.24) is 14.5 Å². The van der Waals surface area contributed by atoms with Crippen LogP contribution in [0.15, 0.2) is 53.4 Å². The van der Waals surface area contributed by atoms with Crippen molar-refractivity contribution in [1.29, 1.82) is 0 Å². The molecular weight excluding hydrogens is 353 g/mol. The van der Waals surface area contributed by atoms with Gasteiger partial charge < -0.3 is 5.32 Å². The molecule has 1 atom stereocenters. The molecule has 5 nitrogen and oxygen atoms in total. The number of sulfonamides is 1. The zero-order valence-electron chi connectivity index (χ0n) is 15.0. The molecule has 1 fully saturated rings. The van der Waals surface area contributed by atoms with Gasteiger partial charge in [-0.15, -0.1) is 0 Å². The molecule has 3 rings (SSSR count). The first-order chi connectivity index (χ1) is 12.4. The quantitative estimate of drug-likeness (QED) is 0.868. The summed E-state index contributed by atoms with van der Waals surface area (Å²) < 4.78 is 39.6. The molecule has 1 N–H and O–H groups in total. The maximum absolute atomic E-state index is 13.6. The van der Waals surface area contributed by atoms with Crippen LogP contribution in [0.25, 0.3) is 0 Å². The van der Waals surface area contributed by atoms with Crippen LogP contribution in [0.2, 0.25) is 0 Å². The molecule has 0 aromatic heterocycles. The van der Waals surface area contributed by atoms with Gasteiger partial charge in [0.15, 0.2) is 0 Å². The lowest BCUT2D eigenvalue weighted by atomic mass is 10.0. The largest absolute Gasteiger partial charge is 0.314 e. The van der Waals surface area contributed by atoms with E-state index in [0.717, 1.165) is 30.8 Å². The smallest absolute Gasteiger partial charge is 0.242 e. The molecule has 2 aromatic rings. The van der Waals surface area contributed by atoms with Gasteiger partial charge in [-0.2, -0.15) is 0 Å². The van der Waals surface area contributed by atoms with Crippen LogP contribution >= 0.6 is 0 Å². The molecule has 0 saturated carbocycles. The van der Waals surface area contributed by atoms with Crippen molar-refractivity contribution in [3.8, 4) is 0 Å². The predicted octanol–water partition coefficient (Wildman–Crippen LogP) is 2.22. The molecule has 1 unspecified atom stereocenters. The lowest BCUT2D eigenvalue weighted by molar-refractivity contribution is 0.153. The van der Waals surface area contributed by atoms with Gasteiger partial charge in [0.2, 0.25) is 10.0 Å². The summed E-state index contributed by atoms with van der Waals surface area (Å²) in [5, 5.41) is 3.35. The third-order valence-corrected chi connectivity index (χ3v) is 6.46. The van der Waals surface area contributed by atoms with Gasteiger partial charge in [-0.25, -0.2) is 17.1 Å². The molecule has 0 bridgehead atoms. The summed E-state index contributed by atoms with van der Waals surface area (Å²) in [4.78, 5) is 2.55. The number of halogens is 1. The van der Waals surface area contributed by atoms with Crippen molar-refractivity contribution in [2.75, 3.05) is 33.7 Å². The number of piperazine rings is 1. The van der Waals surface area contributed by atoms with Gasteiger partial charge in [0, 0.05) is 46.3 Å². The molecule has 140 valence electrons. The summed E-state index contributed by atoms with van der Waals surface area (Å²) in [5.74, 6) is -0.243. The fourth-order valence-electron chi connectivity index (χ4n) is 3.23. The van der Waals surface area contributed by atoms with E-state index in [1.807, 2.05) is 12.1 Å². The molecule has 0 radical (unpaired) electrons. The Morgan fingerprint density at radius 3 is 2.69 bits per heavy atom. The summed E-state index contributed by atoms with van der Waals surface area (Å²) in [6.07, 6.45) is 0. The van der Waals surface area contributed by atoms with E-state index in [1.165, 1.54) is 24.5 Å². The lowest BCUT2D eigenvalue weighted by Gasteiger charge is -2.36. The van der Waals surface area contributed by atoms with E-state index in [0.29, 0.717) is 6.54 Å². The standard InChI is InChI=1S/C19H24FN3O2S/c1-22(2)26(24,25)18-8-3-5-15(11-18)14-23-10-9-21-13-19(23)16-6-4-7-17(20)12-16/h3-8,11-12,19,21H,9-10,13-14H2,1-2H3. The van der Waals surface area contributed by atoms with Gasteiger partial charge in [0.1, 0.15) is 5.82 Å². The lowest BCUT2D eigenvalue weighted by Crippen LogP contribution is -2.45. The number of nitrogens with one attached hydrogen (secondary N) is 1. The second-order valence-electron chi connectivity index (χ2n) is 6.68. The van der Waals surface area contributed by atoms with Crippen molar-refractivity contribution < 1.29 is 12.8 Å². The van der Waals surface area contributed by atoms with E-state index < -0.39 is 10.0 Å². The topological polar surface area (TPSA) is 52.7 Å². The van der Waals surface area contributed by atoms with Crippen LogP contribution < -0.4 is 5.32 Å². The first kappa shape index (κ1) is 19.0. The second-order valence-corrected chi connectivity index (χ2v) is 8.83.